The van der Waals surface area contributed by atoms with Gasteiger partial charge in [0.25, 0.3) is 5.56 Å². The molecule has 0 N–H and O–H groups in total. The summed E-state index contributed by atoms with van der Waals surface area (Å²) >= 11 is 0. The van der Waals surface area contributed by atoms with Gasteiger partial charge in [0.05, 0.1) is 31.7 Å². The molecule has 13 heteroatoms. The third-order valence-electron chi connectivity index (χ3n) is 6.77. The number of hydrogen-bond acceptors (Lipinski definition) is 8. The molecule has 1 aliphatic carbocycles. The monoisotopic (exact) mass is 548 g/mol. The lowest BCUT2D eigenvalue weighted by Crippen LogP contribution is -2.22. The van der Waals surface area contributed by atoms with E-state index in [0.717, 1.165) is 30.3 Å². The normalized spacial score (nSPS) is 13.6. The summed E-state index contributed by atoms with van der Waals surface area (Å²) in [6, 6.07) is 6.87. The average Bonchev–Trinajstić information content (AvgIpc) is 3.71. The highest BCUT2D eigenvalue weighted by Crippen LogP contribution is 2.44. The number of ether oxygens (including phenoxy) is 1. The first-order valence-electron chi connectivity index (χ1n) is 12.6. The summed E-state index contributed by atoms with van der Waals surface area (Å²) in [7, 11) is 1.52. The summed E-state index contributed by atoms with van der Waals surface area (Å²) in [5.74, 6) is 1.17. The molecule has 0 aliphatic heterocycles. The minimum Gasteiger partial charge on any atom is -0.480 e. The van der Waals surface area contributed by atoms with Gasteiger partial charge in [0.1, 0.15) is 23.2 Å². The zero-order chi connectivity index (χ0) is 28.0. The number of fused-ring (bicyclic) bond motifs is 1. The molecule has 1 aliphatic rings. The highest BCUT2D eigenvalue weighted by molar-refractivity contribution is 5.74. The van der Waals surface area contributed by atoms with Gasteiger partial charge in [-0.15, -0.1) is 0 Å². The summed E-state index contributed by atoms with van der Waals surface area (Å²) in [4.78, 5) is 38.8. The van der Waals surface area contributed by atoms with Crippen molar-refractivity contribution >= 4 is 11.2 Å². The number of nitrogens with zero attached hydrogens (tertiary/aromatic N) is 8. The topological polar surface area (TPSA) is 114 Å². The fraction of sp³-hybridized carbons (Fsp3) is 0.296. The van der Waals surface area contributed by atoms with E-state index in [2.05, 4.69) is 24.9 Å². The van der Waals surface area contributed by atoms with E-state index in [9.17, 15) is 18.0 Å². The molecular weight excluding hydrogens is 525 g/mol. The molecule has 1 saturated carbocycles. The minimum atomic E-state index is -4.53. The third-order valence-corrected chi connectivity index (χ3v) is 6.77. The number of aromatic nitrogens is 8. The SMILES string of the molecule is CCn1cc(C(F)(F)F)nc1-c1ccc(Cn2c(=O)cnc3cnc(-c4c(OC)ncnc4C4CC4)nc32)cc1. The number of benzene rings is 1. The molecule has 0 radical (unpaired) electrons. The molecular formula is C27H23F3N8O2. The summed E-state index contributed by atoms with van der Waals surface area (Å²) in [6.07, 6.45) is 2.67. The van der Waals surface area contributed by atoms with Crippen LogP contribution < -0.4 is 10.3 Å². The van der Waals surface area contributed by atoms with Crippen molar-refractivity contribution in [2.75, 3.05) is 7.11 Å². The quantitative estimate of drug-likeness (QED) is 0.293. The van der Waals surface area contributed by atoms with Gasteiger partial charge < -0.3 is 9.30 Å². The van der Waals surface area contributed by atoms with Crippen LogP contribution in [0.4, 0.5) is 13.2 Å². The van der Waals surface area contributed by atoms with Crippen LogP contribution >= 0.6 is 0 Å². The Hall–Kier alpha value is -4.68. The molecule has 0 atom stereocenters. The first-order chi connectivity index (χ1) is 19.3. The van der Waals surface area contributed by atoms with Crippen molar-refractivity contribution in [1.82, 2.24) is 39.0 Å². The molecule has 0 spiro atoms. The lowest BCUT2D eigenvalue weighted by Gasteiger charge is -2.13. The molecule has 10 nitrogen and oxygen atoms in total. The molecule has 1 fully saturated rings. The molecule has 5 aromatic rings. The Bertz CT molecular complexity index is 1780. The number of alkyl halides is 3. The molecule has 40 heavy (non-hydrogen) atoms. The molecule has 0 bridgehead atoms. The summed E-state index contributed by atoms with van der Waals surface area (Å²) in [5, 5.41) is 0. The average molecular weight is 549 g/mol. The Kier molecular flexibility index (Phi) is 6.28. The van der Waals surface area contributed by atoms with Crippen LogP contribution in [0.25, 0.3) is 33.9 Å². The minimum absolute atomic E-state index is 0.155. The van der Waals surface area contributed by atoms with E-state index < -0.39 is 11.9 Å². The lowest BCUT2D eigenvalue weighted by atomic mass is 10.1. The molecule has 4 heterocycles. The van der Waals surface area contributed by atoms with Gasteiger partial charge in [-0.25, -0.2) is 29.9 Å². The summed E-state index contributed by atoms with van der Waals surface area (Å²) < 4.78 is 48.0. The van der Waals surface area contributed by atoms with E-state index in [1.54, 1.807) is 37.4 Å². The fourth-order valence-electron chi connectivity index (χ4n) is 4.61. The number of aryl methyl sites for hydroxylation is 1. The highest BCUT2D eigenvalue weighted by Gasteiger charge is 2.35. The smallest absolute Gasteiger partial charge is 0.434 e. The van der Waals surface area contributed by atoms with Gasteiger partial charge in [0, 0.05) is 24.2 Å². The molecule has 0 amide bonds. The van der Waals surface area contributed by atoms with Crippen molar-refractivity contribution in [2.24, 2.45) is 0 Å². The molecule has 6 rings (SSSR count). The van der Waals surface area contributed by atoms with Gasteiger partial charge in [0.2, 0.25) is 5.88 Å². The molecule has 0 unspecified atom stereocenters. The van der Waals surface area contributed by atoms with Crippen LogP contribution in [-0.4, -0.2) is 46.1 Å². The Morgan fingerprint density at radius 2 is 1.80 bits per heavy atom. The van der Waals surface area contributed by atoms with Gasteiger partial charge in [-0.05, 0) is 25.3 Å². The zero-order valence-corrected chi connectivity index (χ0v) is 21.6. The second-order valence-electron chi connectivity index (χ2n) is 9.43. The Labute approximate surface area is 225 Å². The van der Waals surface area contributed by atoms with Gasteiger partial charge >= 0.3 is 6.18 Å². The van der Waals surface area contributed by atoms with E-state index >= 15 is 0 Å². The van der Waals surface area contributed by atoms with Crippen LogP contribution in [0.2, 0.25) is 0 Å². The van der Waals surface area contributed by atoms with Crippen molar-refractivity contribution in [1.29, 1.82) is 0 Å². The van der Waals surface area contributed by atoms with Crippen molar-refractivity contribution in [3.8, 4) is 28.7 Å². The van der Waals surface area contributed by atoms with Crippen LogP contribution in [0.1, 0.15) is 42.6 Å². The second-order valence-corrected chi connectivity index (χ2v) is 9.43. The Morgan fingerprint density at radius 3 is 2.48 bits per heavy atom. The number of rotatable bonds is 7. The van der Waals surface area contributed by atoms with Gasteiger partial charge in [-0.3, -0.25) is 9.36 Å². The van der Waals surface area contributed by atoms with Gasteiger partial charge in [0.15, 0.2) is 17.2 Å². The summed E-state index contributed by atoms with van der Waals surface area (Å²) in [5.41, 5.74) is 2.11. The molecule has 4 aromatic heterocycles. The van der Waals surface area contributed by atoms with Crippen molar-refractivity contribution in [3.05, 3.63) is 76.5 Å². The Balaban J connectivity index is 1.38. The predicted molar refractivity (Wildman–Crippen MR) is 139 cm³/mol. The van der Waals surface area contributed by atoms with Crippen LogP contribution in [0, 0.1) is 0 Å². The number of imidazole rings is 1. The van der Waals surface area contributed by atoms with E-state index in [1.807, 2.05) is 0 Å². The molecule has 1 aromatic carbocycles. The first-order valence-corrected chi connectivity index (χ1v) is 12.6. The Morgan fingerprint density at radius 1 is 1.02 bits per heavy atom. The van der Waals surface area contributed by atoms with Crippen LogP contribution in [0.3, 0.4) is 0 Å². The first kappa shape index (κ1) is 25.6. The van der Waals surface area contributed by atoms with Crippen molar-refractivity contribution < 1.29 is 17.9 Å². The zero-order valence-electron chi connectivity index (χ0n) is 21.6. The van der Waals surface area contributed by atoms with Crippen LogP contribution in [-0.2, 0) is 19.3 Å². The van der Waals surface area contributed by atoms with E-state index in [0.29, 0.717) is 40.5 Å². The maximum atomic E-state index is 13.2. The standard InChI is InChI=1S/C27H23F3N8O2/c1-3-37-13-19(27(28,29)30)35-24(37)17-6-4-15(5-7-17)12-38-20(39)11-31-18-10-32-23(36-25(18)38)21-22(16-8-9-16)33-14-34-26(21)40-2/h4-7,10-11,13-14,16H,3,8-9,12H2,1-2H3. The number of hydrogen-bond donors (Lipinski definition) is 0. The van der Waals surface area contributed by atoms with E-state index in [4.69, 9.17) is 9.72 Å². The van der Waals surface area contributed by atoms with Crippen LogP contribution in [0.5, 0.6) is 5.88 Å². The number of methoxy groups -OCH3 is 1. The van der Waals surface area contributed by atoms with E-state index in [-0.39, 0.29) is 23.8 Å². The van der Waals surface area contributed by atoms with Gasteiger partial charge in [-0.2, -0.15) is 13.2 Å². The fourth-order valence-corrected chi connectivity index (χ4v) is 4.61. The largest absolute Gasteiger partial charge is 0.480 e. The predicted octanol–water partition coefficient (Wildman–Crippen LogP) is 4.48. The molecule has 204 valence electrons. The second kappa shape index (κ2) is 9.81. The third kappa shape index (κ3) is 4.67. The lowest BCUT2D eigenvalue weighted by molar-refractivity contribution is -0.140. The maximum absolute atomic E-state index is 13.2. The highest BCUT2D eigenvalue weighted by atomic mass is 19.4. The van der Waals surface area contributed by atoms with Crippen LogP contribution in [0.15, 0.2) is 54.0 Å². The van der Waals surface area contributed by atoms with Gasteiger partial charge in [-0.1, -0.05) is 24.3 Å². The maximum Gasteiger partial charge on any atom is 0.434 e. The molecule has 0 saturated heterocycles. The van der Waals surface area contributed by atoms with E-state index in [1.165, 1.54) is 28.8 Å². The van der Waals surface area contributed by atoms with Crippen molar-refractivity contribution in [2.45, 2.75) is 44.9 Å². The summed E-state index contributed by atoms with van der Waals surface area (Å²) in [6.45, 7) is 2.24. The number of halogens is 3. The van der Waals surface area contributed by atoms with Crippen molar-refractivity contribution in [3.63, 3.8) is 0 Å².